The highest BCUT2D eigenvalue weighted by Gasteiger charge is 2.46. The van der Waals surface area contributed by atoms with Gasteiger partial charge in [0.25, 0.3) is 11.8 Å². The number of piperidine rings is 1. The fourth-order valence-electron chi connectivity index (χ4n) is 3.85. The van der Waals surface area contributed by atoms with Gasteiger partial charge in [0.1, 0.15) is 11.8 Å². The van der Waals surface area contributed by atoms with Crippen molar-refractivity contribution in [3.05, 3.63) is 29.3 Å². The fraction of sp³-hybridized carbons (Fsp3) is 0.421. The zero-order valence-electron chi connectivity index (χ0n) is 15.4. The van der Waals surface area contributed by atoms with Gasteiger partial charge in [0, 0.05) is 19.5 Å². The van der Waals surface area contributed by atoms with E-state index in [1.54, 1.807) is 12.1 Å². The number of nitrogens with one attached hydrogen (secondary N) is 1. The second-order valence-corrected chi connectivity index (χ2v) is 7.32. The molecule has 0 saturated carbocycles. The fourth-order valence-corrected chi connectivity index (χ4v) is 3.85. The number of likely N-dealkylation sites (tertiary alicyclic amines) is 1. The van der Waals surface area contributed by atoms with Gasteiger partial charge in [-0.2, -0.15) is 0 Å². The van der Waals surface area contributed by atoms with Gasteiger partial charge < -0.3 is 14.7 Å². The number of benzene rings is 1. The first kappa shape index (κ1) is 18.9. The average Bonchev–Trinajstić information content (AvgIpc) is 2.88. The Hall–Kier alpha value is -3.43. The van der Waals surface area contributed by atoms with Gasteiger partial charge in [-0.3, -0.25) is 29.4 Å². The van der Waals surface area contributed by atoms with E-state index in [1.165, 1.54) is 11.0 Å². The molecule has 10 nitrogen and oxygen atoms in total. The van der Waals surface area contributed by atoms with E-state index < -0.39 is 35.8 Å². The predicted octanol–water partition coefficient (Wildman–Crippen LogP) is 0.466. The van der Waals surface area contributed by atoms with Crippen LogP contribution < -0.4 is 10.1 Å². The minimum atomic E-state index is -1.02. The Morgan fingerprint density at radius 1 is 1.17 bits per heavy atom. The molecule has 1 atom stereocenters. The van der Waals surface area contributed by atoms with E-state index in [9.17, 15) is 24.0 Å². The van der Waals surface area contributed by atoms with Crippen molar-refractivity contribution in [2.24, 2.45) is 5.92 Å². The molecule has 2 saturated heterocycles. The van der Waals surface area contributed by atoms with Crippen LogP contribution in [-0.2, 0) is 9.59 Å². The third kappa shape index (κ3) is 3.30. The lowest BCUT2D eigenvalue weighted by Gasteiger charge is -2.36. The molecule has 1 aromatic rings. The number of rotatable bonds is 5. The molecule has 5 amide bonds. The quantitative estimate of drug-likeness (QED) is 0.685. The van der Waals surface area contributed by atoms with Crippen LogP contribution in [-0.4, -0.2) is 70.4 Å². The van der Waals surface area contributed by atoms with Gasteiger partial charge in [-0.15, -0.1) is 0 Å². The Morgan fingerprint density at radius 3 is 2.62 bits per heavy atom. The first-order valence-electron chi connectivity index (χ1n) is 9.32. The molecule has 3 aliphatic heterocycles. The summed E-state index contributed by atoms with van der Waals surface area (Å²) in [5, 5.41) is 11.0. The van der Waals surface area contributed by atoms with Crippen LogP contribution in [0.25, 0.3) is 0 Å². The van der Waals surface area contributed by atoms with Crippen LogP contribution in [0.2, 0.25) is 0 Å². The molecule has 2 fully saturated rings. The van der Waals surface area contributed by atoms with E-state index in [0.29, 0.717) is 19.5 Å². The van der Waals surface area contributed by atoms with E-state index in [4.69, 9.17) is 9.84 Å². The third-order valence-corrected chi connectivity index (χ3v) is 5.44. The molecule has 1 aromatic carbocycles. The Morgan fingerprint density at radius 2 is 1.93 bits per heavy atom. The van der Waals surface area contributed by atoms with Crippen LogP contribution in [0, 0.1) is 5.92 Å². The number of ether oxygens (including phenoxy) is 1. The molecule has 0 bridgehead atoms. The molecule has 29 heavy (non-hydrogen) atoms. The minimum Gasteiger partial charge on any atom is -0.493 e. The highest BCUT2D eigenvalue weighted by molar-refractivity contribution is 6.24. The van der Waals surface area contributed by atoms with Crippen LogP contribution in [0.5, 0.6) is 5.75 Å². The summed E-state index contributed by atoms with van der Waals surface area (Å²) in [6.07, 6.45) is -0.177. The average molecular weight is 401 g/mol. The van der Waals surface area contributed by atoms with Crippen molar-refractivity contribution in [2.75, 3.05) is 19.7 Å². The standard InChI is InChI=1S/C19H19N3O7/c23-14-5-4-12(16(24)20-14)22-17(25)11-2-1-3-13(15(11)18(22)26)29-7-6-10-8-21(9-10)19(27)28/h1-3,10,12H,4-9H2,(H,27,28)(H,20,23,24). The number of hydrogen-bond acceptors (Lipinski definition) is 6. The molecule has 0 aliphatic carbocycles. The summed E-state index contributed by atoms with van der Waals surface area (Å²) in [6.45, 7) is 1.17. The SMILES string of the molecule is O=C1CCC(N2C(=O)c3cccc(OCCC4CN(C(=O)O)C4)c3C2=O)C(=O)N1. The molecular formula is C19H19N3O7. The molecule has 152 valence electrons. The molecule has 4 rings (SSSR count). The molecule has 1 unspecified atom stereocenters. The number of carboxylic acid groups (broad SMARTS) is 1. The number of carbonyl (C=O) groups is 5. The lowest BCUT2D eigenvalue weighted by molar-refractivity contribution is -0.136. The van der Waals surface area contributed by atoms with Crippen LogP contribution in [0.3, 0.4) is 0 Å². The number of hydrogen-bond donors (Lipinski definition) is 2. The summed E-state index contributed by atoms with van der Waals surface area (Å²) >= 11 is 0. The van der Waals surface area contributed by atoms with Crippen molar-refractivity contribution in [3.63, 3.8) is 0 Å². The van der Waals surface area contributed by atoms with Gasteiger partial charge in [0.05, 0.1) is 17.7 Å². The third-order valence-electron chi connectivity index (χ3n) is 5.44. The zero-order valence-corrected chi connectivity index (χ0v) is 15.4. The van der Waals surface area contributed by atoms with Crippen LogP contribution >= 0.6 is 0 Å². The van der Waals surface area contributed by atoms with E-state index in [-0.39, 0.29) is 42.2 Å². The lowest BCUT2D eigenvalue weighted by atomic mass is 9.97. The van der Waals surface area contributed by atoms with Crippen molar-refractivity contribution in [1.29, 1.82) is 0 Å². The number of imide groups is 2. The lowest BCUT2D eigenvalue weighted by Crippen LogP contribution is -2.54. The molecule has 3 heterocycles. The normalized spacial score (nSPS) is 21.7. The number of nitrogens with zero attached hydrogens (tertiary/aromatic N) is 2. The van der Waals surface area contributed by atoms with Gasteiger partial charge in [-0.25, -0.2) is 4.79 Å². The monoisotopic (exact) mass is 401 g/mol. The van der Waals surface area contributed by atoms with Crippen molar-refractivity contribution >= 4 is 29.7 Å². The van der Waals surface area contributed by atoms with Crippen molar-refractivity contribution in [2.45, 2.75) is 25.3 Å². The number of amides is 5. The van der Waals surface area contributed by atoms with Gasteiger partial charge in [0.15, 0.2) is 0 Å². The Bertz CT molecular complexity index is 922. The second kappa shape index (κ2) is 7.19. The highest BCUT2D eigenvalue weighted by atomic mass is 16.5. The Labute approximate surface area is 165 Å². The maximum absolute atomic E-state index is 12.9. The van der Waals surface area contributed by atoms with E-state index in [0.717, 1.165) is 4.90 Å². The summed E-state index contributed by atoms with van der Waals surface area (Å²) in [5.74, 6) is -1.84. The molecule has 10 heteroatoms. The van der Waals surface area contributed by atoms with Crippen molar-refractivity contribution < 1.29 is 33.8 Å². The van der Waals surface area contributed by atoms with E-state index >= 15 is 0 Å². The summed E-state index contributed by atoms with van der Waals surface area (Å²) in [6, 6.07) is 3.67. The second-order valence-electron chi connectivity index (χ2n) is 7.32. The topological polar surface area (TPSA) is 133 Å². The zero-order chi connectivity index (χ0) is 20.7. The minimum absolute atomic E-state index is 0.0575. The predicted molar refractivity (Wildman–Crippen MR) is 96.3 cm³/mol. The molecule has 0 spiro atoms. The summed E-state index contributed by atoms with van der Waals surface area (Å²) in [4.78, 5) is 62.2. The van der Waals surface area contributed by atoms with Crippen LogP contribution in [0.1, 0.15) is 40.0 Å². The molecule has 0 aromatic heterocycles. The van der Waals surface area contributed by atoms with Gasteiger partial charge in [-0.05, 0) is 30.9 Å². The van der Waals surface area contributed by atoms with Crippen LogP contribution in [0.15, 0.2) is 18.2 Å². The Balaban J connectivity index is 1.44. The highest BCUT2D eigenvalue weighted by Crippen LogP contribution is 2.34. The summed E-state index contributed by atoms with van der Waals surface area (Å²) in [5.41, 5.74) is 0.279. The maximum atomic E-state index is 12.9. The number of fused-ring (bicyclic) bond motifs is 1. The maximum Gasteiger partial charge on any atom is 0.407 e. The Kier molecular flexibility index (Phi) is 4.69. The van der Waals surface area contributed by atoms with Gasteiger partial charge in [-0.1, -0.05) is 6.07 Å². The van der Waals surface area contributed by atoms with E-state index in [1.807, 2.05) is 0 Å². The molecular weight excluding hydrogens is 382 g/mol. The summed E-state index contributed by atoms with van der Waals surface area (Å²) < 4.78 is 5.73. The van der Waals surface area contributed by atoms with Gasteiger partial charge >= 0.3 is 6.09 Å². The van der Waals surface area contributed by atoms with Crippen molar-refractivity contribution in [1.82, 2.24) is 15.1 Å². The summed E-state index contributed by atoms with van der Waals surface area (Å²) in [7, 11) is 0. The van der Waals surface area contributed by atoms with Crippen molar-refractivity contribution in [3.8, 4) is 5.75 Å². The first-order valence-corrected chi connectivity index (χ1v) is 9.32. The molecule has 2 N–H and O–H groups in total. The smallest absolute Gasteiger partial charge is 0.407 e. The first-order chi connectivity index (χ1) is 13.9. The molecule has 0 radical (unpaired) electrons. The van der Waals surface area contributed by atoms with Gasteiger partial charge in [0.2, 0.25) is 11.8 Å². The molecule has 3 aliphatic rings. The number of carbonyl (C=O) groups excluding carboxylic acids is 4. The van der Waals surface area contributed by atoms with Crippen LogP contribution in [0.4, 0.5) is 4.79 Å². The van der Waals surface area contributed by atoms with E-state index in [2.05, 4.69) is 5.32 Å². The largest absolute Gasteiger partial charge is 0.493 e.